The molecule has 0 bridgehead atoms. The molecule has 2 aromatic carbocycles. The highest BCUT2D eigenvalue weighted by Gasteiger charge is 2.28. The number of hydrogen-bond donors (Lipinski definition) is 2. The maximum atomic E-state index is 13.3. The molecular formula is C22H30N2O4S. The van der Waals surface area contributed by atoms with Crippen molar-refractivity contribution < 1.29 is 18.3 Å². The predicted octanol–water partition coefficient (Wildman–Crippen LogP) is 2.42. The molecule has 0 amide bonds. The van der Waals surface area contributed by atoms with E-state index >= 15 is 0 Å². The second-order valence-corrected chi connectivity index (χ2v) is 9.79. The smallest absolute Gasteiger partial charge is 0.243 e. The van der Waals surface area contributed by atoms with Gasteiger partial charge in [0.05, 0.1) is 17.6 Å². The number of aliphatic hydroxyl groups excluding tert-OH is 1. The minimum atomic E-state index is -3.70. The summed E-state index contributed by atoms with van der Waals surface area (Å²) in [5, 5.41) is 13.7. The first-order valence-corrected chi connectivity index (χ1v) is 11.5. The van der Waals surface area contributed by atoms with Crippen LogP contribution in [-0.4, -0.2) is 50.2 Å². The van der Waals surface area contributed by atoms with E-state index in [9.17, 15) is 13.5 Å². The lowest BCUT2D eigenvalue weighted by molar-refractivity contribution is 0.139. The molecule has 0 spiro atoms. The van der Waals surface area contributed by atoms with Crippen LogP contribution in [0.25, 0.3) is 0 Å². The Hall–Kier alpha value is -1.93. The molecule has 0 fully saturated rings. The Kier molecular flexibility index (Phi) is 7.29. The van der Waals surface area contributed by atoms with E-state index in [0.717, 1.165) is 23.3 Å². The highest BCUT2D eigenvalue weighted by molar-refractivity contribution is 7.89. The average molecular weight is 419 g/mol. The molecular weight excluding hydrogens is 388 g/mol. The first-order chi connectivity index (χ1) is 13.9. The van der Waals surface area contributed by atoms with Crippen molar-refractivity contribution in [2.45, 2.75) is 37.8 Å². The molecule has 0 radical (unpaired) electrons. The Morgan fingerprint density at radius 2 is 1.90 bits per heavy atom. The summed E-state index contributed by atoms with van der Waals surface area (Å²) in [5.41, 5.74) is 2.03. The fraction of sp³-hybridized carbons (Fsp3) is 0.455. The van der Waals surface area contributed by atoms with Crippen LogP contribution in [0.15, 0.2) is 53.4 Å². The Balaban J connectivity index is 1.66. The lowest BCUT2D eigenvalue weighted by Crippen LogP contribution is -2.43. The van der Waals surface area contributed by atoms with Crippen LogP contribution in [-0.2, 0) is 23.0 Å². The molecule has 1 atom stereocenters. The van der Waals surface area contributed by atoms with Crippen molar-refractivity contribution in [1.29, 1.82) is 0 Å². The van der Waals surface area contributed by atoms with Crippen LogP contribution in [0.5, 0.6) is 5.75 Å². The molecule has 0 aromatic heterocycles. The van der Waals surface area contributed by atoms with Gasteiger partial charge in [-0.25, -0.2) is 8.42 Å². The van der Waals surface area contributed by atoms with Crippen LogP contribution < -0.4 is 10.1 Å². The molecule has 3 rings (SSSR count). The number of hydrogen-bond acceptors (Lipinski definition) is 5. The average Bonchev–Trinajstić information content (AvgIpc) is 3.16. The maximum Gasteiger partial charge on any atom is 0.243 e. The van der Waals surface area contributed by atoms with Gasteiger partial charge in [0.25, 0.3) is 0 Å². The summed E-state index contributed by atoms with van der Waals surface area (Å²) < 4.78 is 33.4. The molecule has 6 nitrogen and oxygen atoms in total. The molecule has 2 aromatic rings. The number of ether oxygens (including phenoxy) is 1. The Bertz CT molecular complexity index is 900. The second-order valence-electron chi connectivity index (χ2n) is 7.85. The van der Waals surface area contributed by atoms with E-state index in [4.69, 9.17) is 4.74 Å². The van der Waals surface area contributed by atoms with Gasteiger partial charge in [-0.1, -0.05) is 44.2 Å². The molecule has 0 saturated heterocycles. The van der Waals surface area contributed by atoms with Crippen molar-refractivity contribution >= 4 is 10.0 Å². The lowest BCUT2D eigenvalue weighted by atomic mass is 10.2. The molecule has 29 heavy (non-hydrogen) atoms. The van der Waals surface area contributed by atoms with Crippen molar-refractivity contribution in [2.24, 2.45) is 5.92 Å². The van der Waals surface area contributed by atoms with E-state index < -0.39 is 16.1 Å². The number of rotatable bonds is 10. The van der Waals surface area contributed by atoms with Gasteiger partial charge in [-0.15, -0.1) is 0 Å². The van der Waals surface area contributed by atoms with Gasteiger partial charge in [0.2, 0.25) is 10.0 Å². The third kappa shape index (κ3) is 5.79. The molecule has 0 aliphatic carbocycles. The van der Waals surface area contributed by atoms with Crippen molar-refractivity contribution in [1.82, 2.24) is 9.62 Å². The highest BCUT2D eigenvalue weighted by atomic mass is 32.2. The topological polar surface area (TPSA) is 78.9 Å². The van der Waals surface area contributed by atoms with Gasteiger partial charge in [-0.3, -0.25) is 0 Å². The second kappa shape index (κ2) is 9.71. The van der Waals surface area contributed by atoms with Crippen LogP contribution in [0.3, 0.4) is 0 Å². The van der Waals surface area contributed by atoms with Crippen LogP contribution in [0.2, 0.25) is 0 Å². The highest BCUT2D eigenvalue weighted by Crippen LogP contribution is 2.29. The summed E-state index contributed by atoms with van der Waals surface area (Å²) in [5.74, 6) is 0.900. The number of fused-ring (bicyclic) bond motifs is 1. The first kappa shape index (κ1) is 21.8. The Morgan fingerprint density at radius 3 is 2.62 bits per heavy atom. The molecule has 7 heteroatoms. The van der Waals surface area contributed by atoms with Crippen LogP contribution in [0.1, 0.15) is 25.0 Å². The van der Waals surface area contributed by atoms with Gasteiger partial charge in [0, 0.05) is 32.6 Å². The molecule has 0 unspecified atom stereocenters. The molecule has 0 saturated carbocycles. The SMILES string of the molecule is CC(C)CN(C[C@H](O)CNCc1ccccc1)S(=O)(=O)c1ccc2c(c1)CCO2. The van der Waals surface area contributed by atoms with Crippen molar-refractivity contribution in [3.63, 3.8) is 0 Å². The maximum absolute atomic E-state index is 13.3. The first-order valence-electron chi connectivity index (χ1n) is 10.0. The Morgan fingerprint density at radius 1 is 1.14 bits per heavy atom. The minimum Gasteiger partial charge on any atom is -0.493 e. The van der Waals surface area contributed by atoms with Gasteiger partial charge >= 0.3 is 0 Å². The van der Waals surface area contributed by atoms with E-state index in [-0.39, 0.29) is 17.4 Å². The third-order valence-corrected chi connectivity index (χ3v) is 6.66. The van der Waals surface area contributed by atoms with E-state index in [1.165, 1.54) is 4.31 Å². The number of nitrogens with one attached hydrogen (secondary N) is 1. The van der Waals surface area contributed by atoms with E-state index in [1.807, 2.05) is 44.2 Å². The third-order valence-electron chi connectivity index (χ3n) is 4.83. The van der Waals surface area contributed by atoms with Crippen LogP contribution in [0, 0.1) is 5.92 Å². The fourth-order valence-electron chi connectivity index (χ4n) is 3.43. The van der Waals surface area contributed by atoms with Gasteiger partial charge in [-0.05, 0) is 35.2 Å². The molecule has 1 aliphatic rings. The fourth-order valence-corrected chi connectivity index (χ4v) is 5.12. The van der Waals surface area contributed by atoms with Crippen LogP contribution >= 0.6 is 0 Å². The lowest BCUT2D eigenvalue weighted by Gasteiger charge is -2.26. The summed E-state index contributed by atoms with van der Waals surface area (Å²) in [6, 6.07) is 14.9. The van der Waals surface area contributed by atoms with Crippen molar-refractivity contribution in [3.05, 3.63) is 59.7 Å². The number of nitrogens with zero attached hydrogens (tertiary/aromatic N) is 1. The predicted molar refractivity (Wildman–Crippen MR) is 113 cm³/mol. The van der Waals surface area contributed by atoms with Gasteiger partial charge < -0.3 is 15.2 Å². The van der Waals surface area contributed by atoms with E-state index in [2.05, 4.69) is 5.32 Å². The van der Waals surface area contributed by atoms with Crippen molar-refractivity contribution in [2.75, 3.05) is 26.2 Å². The van der Waals surface area contributed by atoms with Gasteiger partial charge in [0.15, 0.2) is 0 Å². The number of sulfonamides is 1. The van der Waals surface area contributed by atoms with Gasteiger partial charge in [-0.2, -0.15) is 4.31 Å². The zero-order chi connectivity index (χ0) is 20.9. The molecule has 158 valence electrons. The normalized spacial score (nSPS) is 14.8. The monoisotopic (exact) mass is 418 g/mol. The Labute approximate surface area is 173 Å². The summed E-state index contributed by atoms with van der Waals surface area (Å²) in [4.78, 5) is 0.256. The molecule has 2 N–H and O–H groups in total. The van der Waals surface area contributed by atoms with Gasteiger partial charge in [0.1, 0.15) is 5.75 Å². The zero-order valence-corrected chi connectivity index (χ0v) is 17.9. The summed E-state index contributed by atoms with van der Waals surface area (Å²) in [6.07, 6.45) is -0.0838. The number of benzene rings is 2. The summed E-state index contributed by atoms with van der Waals surface area (Å²) in [6.45, 7) is 5.87. The van der Waals surface area contributed by atoms with Crippen LogP contribution in [0.4, 0.5) is 0 Å². The quantitative estimate of drug-likeness (QED) is 0.620. The summed E-state index contributed by atoms with van der Waals surface area (Å²) in [7, 11) is -3.70. The van der Waals surface area contributed by atoms with E-state index in [0.29, 0.717) is 26.2 Å². The summed E-state index contributed by atoms with van der Waals surface area (Å²) >= 11 is 0. The largest absolute Gasteiger partial charge is 0.493 e. The molecule has 1 aliphatic heterocycles. The number of aliphatic hydroxyl groups is 1. The standard InChI is InChI=1S/C22H30N2O4S/c1-17(2)15-24(16-20(25)14-23-13-18-6-4-3-5-7-18)29(26,27)21-8-9-22-19(12-21)10-11-28-22/h3-9,12,17,20,23,25H,10-11,13-16H2,1-2H3/t20-/m1/s1. The minimum absolute atomic E-state index is 0.0515. The zero-order valence-electron chi connectivity index (χ0n) is 17.0. The van der Waals surface area contributed by atoms with E-state index in [1.54, 1.807) is 18.2 Å². The molecule has 1 heterocycles. The van der Waals surface area contributed by atoms with Crippen molar-refractivity contribution in [3.8, 4) is 5.75 Å².